The van der Waals surface area contributed by atoms with Gasteiger partial charge in [-0.15, -0.1) is 0 Å². The molecule has 0 bridgehead atoms. The van der Waals surface area contributed by atoms with Gasteiger partial charge in [-0.05, 0) is 36.6 Å². The van der Waals surface area contributed by atoms with Gasteiger partial charge in [-0.1, -0.05) is 42.5 Å². The first-order valence-corrected chi connectivity index (χ1v) is 10.1. The molecule has 0 aliphatic heterocycles. The Kier molecular flexibility index (Phi) is 6.58. The second-order valence-corrected chi connectivity index (χ2v) is 7.92. The van der Waals surface area contributed by atoms with Gasteiger partial charge in [-0.3, -0.25) is 9.10 Å². The largest absolute Gasteiger partial charge is 0.354 e. The molecule has 0 saturated heterocycles. The number of sulfonamides is 1. The van der Waals surface area contributed by atoms with E-state index in [2.05, 4.69) is 5.32 Å². The van der Waals surface area contributed by atoms with Crippen molar-refractivity contribution in [2.45, 2.75) is 19.8 Å². The number of rotatable bonds is 8. The Labute approximate surface area is 149 Å². The van der Waals surface area contributed by atoms with Gasteiger partial charge in [-0.2, -0.15) is 0 Å². The third-order valence-electron chi connectivity index (χ3n) is 3.81. The van der Waals surface area contributed by atoms with E-state index in [1.807, 2.05) is 55.5 Å². The van der Waals surface area contributed by atoms with Gasteiger partial charge >= 0.3 is 0 Å². The fourth-order valence-electron chi connectivity index (χ4n) is 2.56. The minimum absolute atomic E-state index is 0.0819. The molecule has 2 aromatic rings. The summed E-state index contributed by atoms with van der Waals surface area (Å²) in [6.45, 7) is 2.39. The summed E-state index contributed by atoms with van der Waals surface area (Å²) in [5, 5.41) is 2.79. The van der Waals surface area contributed by atoms with Crippen molar-refractivity contribution in [3.8, 4) is 0 Å². The van der Waals surface area contributed by atoms with E-state index in [0.717, 1.165) is 11.1 Å². The predicted octanol–water partition coefficient (Wildman–Crippen LogP) is 2.51. The summed E-state index contributed by atoms with van der Waals surface area (Å²) in [4.78, 5) is 12.0. The van der Waals surface area contributed by atoms with Crippen LogP contribution in [0.4, 0.5) is 5.69 Å². The Morgan fingerprint density at radius 3 is 2.44 bits per heavy atom. The highest BCUT2D eigenvalue weighted by atomic mass is 32.2. The van der Waals surface area contributed by atoms with E-state index in [0.29, 0.717) is 18.5 Å². The van der Waals surface area contributed by atoms with E-state index in [1.165, 1.54) is 10.6 Å². The van der Waals surface area contributed by atoms with Gasteiger partial charge in [0.25, 0.3) is 0 Å². The second-order valence-electron chi connectivity index (χ2n) is 6.01. The number of hydrogen-bond acceptors (Lipinski definition) is 3. The van der Waals surface area contributed by atoms with Crippen molar-refractivity contribution in [3.63, 3.8) is 0 Å². The summed E-state index contributed by atoms with van der Waals surface area (Å²) in [5.74, 6) is -0.0819. The molecule has 0 atom stereocenters. The van der Waals surface area contributed by atoms with Gasteiger partial charge in [0.1, 0.15) is 0 Å². The number of nitrogens with one attached hydrogen (secondary N) is 1. The van der Waals surface area contributed by atoms with Crippen LogP contribution in [0.5, 0.6) is 0 Å². The van der Waals surface area contributed by atoms with Crippen molar-refractivity contribution >= 4 is 21.6 Å². The van der Waals surface area contributed by atoms with Gasteiger partial charge in [0, 0.05) is 13.0 Å². The molecule has 6 heteroatoms. The van der Waals surface area contributed by atoms with E-state index in [1.54, 1.807) is 6.07 Å². The van der Waals surface area contributed by atoms with E-state index in [4.69, 9.17) is 0 Å². The van der Waals surface area contributed by atoms with E-state index >= 15 is 0 Å². The van der Waals surface area contributed by atoms with Gasteiger partial charge in [0.15, 0.2) is 0 Å². The monoisotopic (exact) mass is 360 g/mol. The lowest BCUT2D eigenvalue weighted by Gasteiger charge is -2.23. The Hall–Kier alpha value is -2.34. The van der Waals surface area contributed by atoms with Crippen molar-refractivity contribution in [2.75, 3.05) is 23.7 Å². The fourth-order valence-corrected chi connectivity index (χ4v) is 3.48. The lowest BCUT2D eigenvalue weighted by molar-refractivity contribution is -0.120. The van der Waals surface area contributed by atoms with Crippen LogP contribution in [-0.2, 0) is 21.2 Å². The number of anilines is 1. The molecule has 1 amide bonds. The summed E-state index contributed by atoms with van der Waals surface area (Å²) in [5.41, 5.74) is 2.70. The SMILES string of the molecule is Cc1cccc(N(CCNC(=O)CCc2ccccc2)S(C)(=O)=O)c1. The quantitative estimate of drug-likeness (QED) is 0.787. The zero-order chi connectivity index (χ0) is 18.3. The number of aryl methyl sites for hydroxylation is 2. The molecule has 5 nitrogen and oxygen atoms in total. The normalized spacial score (nSPS) is 11.1. The predicted molar refractivity (Wildman–Crippen MR) is 101 cm³/mol. The number of benzene rings is 2. The average Bonchev–Trinajstić information content (AvgIpc) is 2.56. The molecule has 0 unspecified atom stereocenters. The summed E-state index contributed by atoms with van der Waals surface area (Å²) < 4.78 is 25.4. The molecule has 2 rings (SSSR count). The first-order valence-electron chi connectivity index (χ1n) is 8.21. The molecule has 0 fully saturated rings. The van der Waals surface area contributed by atoms with Crippen LogP contribution < -0.4 is 9.62 Å². The van der Waals surface area contributed by atoms with Crippen molar-refractivity contribution in [1.82, 2.24) is 5.32 Å². The van der Waals surface area contributed by atoms with Crippen molar-refractivity contribution in [3.05, 3.63) is 65.7 Å². The van der Waals surface area contributed by atoms with Crippen molar-refractivity contribution in [2.24, 2.45) is 0 Å². The Bertz CT molecular complexity index is 804. The van der Waals surface area contributed by atoms with E-state index < -0.39 is 10.0 Å². The van der Waals surface area contributed by atoms with Gasteiger partial charge in [-0.25, -0.2) is 8.42 Å². The number of nitrogens with zero attached hydrogens (tertiary/aromatic N) is 1. The maximum Gasteiger partial charge on any atom is 0.232 e. The van der Waals surface area contributed by atoms with Crippen molar-refractivity contribution < 1.29 is 13.2 Å². The fraction of sp³-hybridized carbons (Fsp3) is 0.316. The second kappa shape index (κ2) is 8.67. The zero-order valence-electron chi connectivity index (χ0n) is 14.6. The minimum Gasteiger partial charge on any atom is -0.354 e. The third-order valence-corrected chi connectivity index (χ3v) is 5.00. The molecule has 134 valence electrons. The summed E-state index contributed by atoms with van der Waals surface area (Å²) in [6.07, 6.45) is 2.22. The molecule has 0 aliphatic rings. The molecule has 1 N–H and O–H groups in total. The number of amides is 1. The molecular weight excluding hydrogens is 336 g/mol. The van der Waals surface area contributed by atoms with Crippen molar-refractivity contribution in [1.29, 1.82) is 0 Å². The third kappa shape index (κ3) is 6.23. The van der Waals surface area contributed by atoms with Crippen LogP contribution in [0.25, 0.3) is 0 Å². The van der Waals surface area contributed by atoms with Gasteiger partial charge in [0.05, 0.1) is 18.5 Å². The summed E-state index contributed by atoms with van der Waals surface area (Å²) in [6, 6.07) is 17.1. The molecular formula is C19H24N2O3S. The standard InChI is InChI=1S/C19H24N2O3S/c1-16-7-6-10-18(15-16)21(25(2,23)24)14-13-20-19(22)12-11-17-8-4-3-5-9-17/h3-10,15H,11-14H2,1-2H3,(H,20,22). The molecule has 2 aromatic carbocycles. The molecule has 0 heterocycles. The molecule has 0 saturated carbocycles. The maximum absolute atomic E-state index is 12.0. The minimum atomic E-state index is -3.41. The Morgan fingerprint density at radius 2 is 1.80 bits per heavy atom. The van der Waals surface area contributed by atoms with Gasteiger partial charge in [0.2, 0.25) is 15.9 Å². The van der Waals surface area contributed by atoms with E-state index in [-0.39, 0.29) is 19.0 Å². The zero-order valence-corrected chi connectivity index (χ0v) is 15.4. The molecule has 0 aromatic heterocycles. The smallest absolute Gasteiger partial charge is 0.232 e. The van der Waals surface area contributed by atoms with Crippen LogP contribution in [0.2, 0.25) is 0 Å². The van der Waals surface area contributed by atoms with E-state index in [9.17, 15) is 13.2 Å². The first-order chi connectivity index (χ1) is 11.9. The van der Waals surface area contributed by atoms with Crippen LogP contribution in [0.3, 0.4) is 0 Å². The van der Waals surface area contributed by atoms with Crippen LogP contribution in [-0.4, -0.2) is 33.7 Å². The Balaban J connectivity index is 1.87. The molecule has 0 aliphatic carbocycles. The summed E-state index contributed by atoms with van der Waals surface area (Å²) >= 11 is 0. The van der Waals surface area contributed by atoms with Gasteiger partial charge < -0.3 is 5.32 Å². The highest BCUT2D eigenvalue weighted by Gasteiger charge is 2.17. The lowest BCUT2D eigenvalue weighted by Crippen LogP contribution is -2.38. The van der Waals surface area contributed by atoms with Crippen LogP contribution in [0.1, 0.15) is 17.5 Å². The highest BCUT2D eigenvalue weighted by Crippen LogP contribution is 2.18. The number of carbonyl (C=O) groups is 1. The molecule has 25 heavy (non-hydrogen) atoms. The Morgan fingerprint density at radius 1 is 1.08 bits per heavy atom. The molecule has 0 radical (unpaired) electrons. The first kappa shape index (κ1) is 19.0. The topological polar surface area (TPSA) is 66.5 Å². The lowest BCUT2D eigenvalue weighted by atomic mass is 10.1. The average molecular weight is 360 g/mol. The van der Waals surface area contributed by atoms with Crippen LogP contribution in [0.15, 0.2) is 54.6 Å². The summed E-state index contributed by atoms with van der Waals surface area (Å²) in [7, 11) is -3.41. The number of hydrogen-bond donors (Lipinski definition) is 1. The highest BCUT2D eigenvalue weighted by molar-refractivity contribution is 7.92. The maximum atomic E-state index is 12.0. The number of carbonyl (C=O) groups excluding carboxylic acids is 1. The van der Waals surface area contributed by atoms with Crippen LogP contribution >= 0.6 is 0 Å². The molecule has 0 spiro atoms. The van der Waals surface area contributed by atoms with Crippen LogP contribution in [0, 0.1) is 6.92 Å².